The molecule has 2 aromatic rings. The molecule has 29 heavy (non-hydrogen) atoms. The molecule has 0 aromatic heterocycles. The molecule has 2 aromatic carbocycles. The van der Waals surface area contributed by atoms with Crippen molar-refractivity contribution in [2.24, 2.45) is 0 Å². The summed E-state index contributed by atoms with van der Waals surface area (Å²) in [5.74, 6) is -0.976. The second-order valence-corrected chi connectivity index (χ2v) is 8.44. The molecule has 152 valence electrons. The Morgan fingerprint density at radius 1 is 1.17 bits per heavy atom. The van der Waals surface area contributed by atoms with Gasteiger partial charge in [0.1, 0.15) is 0 Å². The number of ether oxygens (including phenoxy) is 1. The van der Waals surface area contributed by atoms with Crippen LogP contribution in [0.4, 0.5) is 11.4 Å². The summed E-state index contributed by atoms with van der Waals surface area (Å²) in [6.07, 6.45) is -0.0975. The number of esters is 1. The quantitative estimate of drug-likeness (QED) is 0.698. The molecule has 0 radical (unpaired) electrons. The lowest BCUT2D eigenvalue weighted by atomic mass is 9.98. The van der Waals surface area contributed by atoms with Crippen molar-refractivity contribution < 1.29 is 19.1 Å². The highest BCUT2D eigenvalue weighted by Crippen LogP contribution is 2.36. The van der Waals surface area contributed by atoms with Gasteiger partial charge in [-0.25, -0.2) is 0 Å². The Morgan fingerprint density at radius 3 is 2.69 bits per heavy atom. The maximum Gasteiger partial charge on any atom is 0.307 e. The molecule has 1 aliphatic heterocycles. The Hall–Kier alpha value is -2.80. The number of hydrogen-bond acceptors (Lipinski definition) is 5. The number of anilines is 2. The number of aryl methyl sites for hydroxylation is 1. The van der Waals surface area contributed by atoms with Crippen molar-refractivity contribution in [1.82, 2.24) is 0 Å². The minimum Gasteiger partial charge on any atom is -0.456 e. The van der Waals surface area contributed by atoms with Gasteiger partial charge in [0.05, 0.1) is 17.4 Å². The van der Waals surface area contributed by atoms with Crippen LogP contribution in [0.25, 0.3) is 0 Å². The molecule has 6 nitrogen and oxygen atoms in total. The van der Waals surface area contributed by atoms with E-state index >= 15 is 0 Å². The van der Waals surface area contributed by atoms with E-state index in [0.29, 0.717) is 0 Å². The van der Waals surface area contributed by atoms with E-state index in [4.69, 9.17) is 4.74 Å². The van der Waals surface area contributed by atoms with E-state index in [0.717, 1.165) is 27.4 Å². The van der Waals surface area contributed by atoms with Crippen molar-refractivity contribution in [3.05, 3.63) is 53.6 Å². The number of fused-ring (bicyclic) bond motifs is 1. The Balaban J connectivity index is 1.54. The minimum atomic E-state index is -0.582. The van der Waals surface area contributed by atoms with Crippen molar-refractivity contribution >= 4 is 40.9 Å². The number of para-hydroxylation sites is 2. The highest BCUT2D eigenvalue weighted by Gasteiger charge is 2.29. The van der Waals surface area contributed by atoms with Crippen LogP contribution in [0.3, 0.4) is 0 Å². The largest absolute Gasteiger partial charge is 0.456 e. The first kappa shape index (κ1) is 20.9. The van der Waals surface area contributed by atoms with Gasteiger partial charge in [0, 0.05) is 10.6 Å². The molecule has 0 saturated heterocycles. The van der Waals surface area contributed by atoms with Crippen LogP contribution < -0.4 is 10.6 Å². The molecule has 0 aliphatic carbocycles. The number of carbonyl (C=O) groups excluding carboxylic acids is 3. The van der Waals surface area contributed by atoms with Crippen molar-refractivity contribution in [3.8, 4) is 0 Å². The summed E-state index contributed by atoms with van der Waals surface area (Å²) >= 11 is 1.32. The van der Waals surface area contributed by atoms with Crippen LogP contribution >= 0.6 is 11.8 Å². The van der Waals surface area contributed by atoms with E-state index < -0.39 is 17.1 Å². The van der Waals surface area contributed by atoms with Crippen LogP contribution in [0, 0.1) is 6.92 Å². The lowest BCUT2D eigenvalue weighted by Crippen LogP contribution is -2.32. The van der Waals surface area contributed by atoms with Gasteiger partial charge >= 0.3 is 5.97 Å². The highest BCUT2D eigenvalue weighted by atomic mass is 32.2. The number of amides is 2. The first-order valence-electron chi connectivity index (χ1n) is 9.46. The molecule has 0 unspecified atom stereocenters. The minimum absolute atomic E-state index is 0.0975. The van der Waals surface area contributed by atoms with Crippen LogP contribution in [0.2, 0.25) is 0 Å². The summed E-state index contributed by atoms with van der Waals surface area (Å²) in [5.41, 5.74) is 3.47. The number of rotatable bonds is 6. The molecule has 1 atom stereocenters. The number of thioether (sulfide) groups is 1. The second kappa shape index (κ2) is 9.13. The topological polar surface area (TPSA) is 84.5 Å². The van der Waals surface area contributed by atoms with Gasteiger partial charge in [-0.1, -0.05) is 44.2 Å². The fourth-order valence-corrected chi connectivity index (χ4v) is 4.20. The van der Waals surface area contributed by atoms with E-state index in [1.165, 1.54) is 11.8 Å². The Labute approximate surface area is 174 Å². The zero-order chi connectivity index (χ0) is 21.0. The smallest absolute Gasteiger partial charge is 0.307 e. The van der Waals surface area contributed by atoms with Crippen LogP contribution in [-0.4, -0.2) is 29.6 Å². The Kier molecular flexibility index (Phi) is 6.59. The summed E-state index contributed by atoms with van der Waals surface area (Å²) in [6, 6.07) is 13.3. The molecule has 1 heterocycles. The third-order valence-corrected chi connectivity index (χ3v) is 5.89. The van der Waals surface area contributed by atoms with E-state index in [1.807, 2.05) is 49.4 Å². The number of nitrogens with one attached hydrogen (secondary N) is 2. The van der Waals surface area contributed by atoms with Crippen molar-refractivity contribution in [2.45, 2.75) is 43.3 Å². The average molecular weight is 413 g/mol. The predicted molar refractivity (Wildman–Crippen MR) is 114 cm³/mol. The van der Waals surface area contributed by atoms with Gasteiger partial charge in [-0.15, -0.1) is 11.8 Å². The number of benzene rings is 2. The summed E-state index contributed by atoms with van der Waals surface area (Å²) in [7, 11) is 0. The Bertz CT molecular complexity index is 942. The molecule has 0 spiro atoms. The molecule has 0 saturated carbocycles. The second-order valence-electron chi connectivity index (χ2n) is 7.20. The van der Waals surface area contributed by atoms with Gasteiger partial charge in [-0.2, -0.15) is 0 Å². The SMILES string of the molecule is Cc1cccc(C(C)C)c1NC(=O)COC(=O)C[C@@H]1Sc2ccccc2NC1=O. The lowest BCUT2D eigenvalue weighted by Gasteiger charge is -2.23. The monoisotopic (exact) mass is 412 g/mol. The fourth-order valence-electron chi connectivity index (χ4n) is 3.10. The van der Waals surface area contributed by atoms with Crippen LogP contribution in [0.1, 0.15) is 37.3 Å². The van der Waals surface area contributed by atoms with Crippen molar-refractivity contribution in [2.75, 3.05) is 17.2 Å². The van der Waals surface area contributed by atoms with Gasteiger partial charge in [0.2, 0.25) is 5.91 Å². The zero-order valence-corrected chi connectivity index (χ0v) is 17.5. The fraction of sp³-hybridized carbons (Fsp3) is 0.318. The maximum atomic E-state index is 12.3. The van der Waals surface area contributed by atoms with Gasteiger partial charge in [-0.05, 0) is 36.1 Å². The highest BCUT2D eigenvalue weighted by molar-refractivity contribution is 8.01. The molecule has 1 aliphatic rings. The van der Waals surface area contributed by atoms with Gasteiger partial charge in [0.25, 0.3) is 5.91 Å². The zero-order valence-electron chi connectivity index (χ0n) is 16.7. The molecule has 7 heteroatoms. The lowest BCUT2D eigenvalue weighted by molar-refractivity contribution is -0.147. The summed E-state index contributed by atoms with van der Waals surface area (Å²) < 4.78 is 5.11. The third kappa shape index (κ3) is 5.17. The molecule has 3 rings (SSSR count). The molecule has 0 fully saturated rings. The molecule has 2 N–H and O–H groups in total. The molecular weight excluding hydrogens is 388 g/mol. The van der Waals surface area contributed by atoms with E-state index in [2.05, 4.69) is 24.5 Å². The molecule has 0 bridgehead atoms. The normalized spacial score (nSPS) is 15.4. The van der Waals surface area contributed by atoms with Crippen LogP contribution in [0.15, 0.2) is 47.4 Å². The number of carbonyl (C=O) groups is 3. The average Bonchev–Trinajstić information content (AvgIpc) is 2.68. The van der Waals surface area contributed by atoms with Gasteiger partial charge in [-0.3, -0.25) is 14.4 Å². The van der Waals surface area contributed by atoms with E-state index in [9.17, 15) is 14.4 Å². The summed E-state index contributed by atoms with van der Waals surface area (Å²) in [6.45, 7) is 5.63. The molecular formula is C22H24N2O4S. The first-order valence-corrected chi connectivity index (χ1v) is 10.3. The van der Waals surface area contributed by atoms with E-state index in [1.54, 1.807) is 0 Å². The maximum absolute atomic E-state index is 12.3. The van der Waals surface area contributed by atoms with Gasteiger partial charge < -0.3 is 15.4 Å². The summed E-state index contributed by atoms with van der Waals surface area (Å²) in [5, 5.41) is 5.05. The van der Waals surface area contributed by atoms with E-state index in [-0.39, 0.29) is 24.9 Å². The van der Waals surface area contributed by atoms with Crippen molar-refractivity contribution in [3.63, 3.8) is 0 Å². The standard InChI is InChI=1S/C22H24N2O4S/c1-13(2)15-8-6-7-14(3)21(15)24-19(25)12-28-20(26)11-18-22(27)23-16-9-4-5-10-17(16)29-18/h4-10,13,18H,11-12H2,1-3H3,(H,23,27)(H,24,25)/t18-/m0/s1. The number of hydrogen-bond donors (Lipinski definition) is 2. The van der Waals surface area contributed by atoms with Gasteiger partial charge in [0.15, 0.2) is 6.61 Å². The Morgan fingerprint density at radius 2 is 1.93 bits per heavy atom. The van der Waals surface area contributed by atoms with Crippen LogP contribution in [0.5, 0.6) is 0 Å². The third-order valence-electron chi connectivity index (χ3n) is 4.61. The predicted octanol–water partition coefficient (Wildman–Crippen LogP) is 4.10. The van der Waals surface area contributed by atoms with Crippen LogP contribution in [-0.2, 0) is 19.1 Å². The molecule has 2 amide bonds. The first-order chi connectivity index (χ1) is 13.8. The van der Waals surface area contributed by atoms with Crippen molar-refractivity contribution in [1.29, 1.82) is 0 Å². The summed E-state index contributed by atoms with van der Waals surface area (Å²) in [4.78, 5) is 37.6.